The standard InChI is InChI=1S/C17H18BrNO2S2/c1-12-3-8-16(13(2)11-12)23(20,21)19-9-10-22-17(19)14-4-6-15(18)7-5-14/h3-8,11,17H,9-10H2,1-2H3/t17-/m1/s1. The number of halogens is 1. The van der Waals surface area contributed by atoms with E-state index in [0.717, 1.165) is 26.9 Å². The summed E-state index contributed by atoms with van der Waals surface area (Å²) in [7, 11) is -3.49. The summed E-state index contributed by atoms with van der Waals surface area (Å²) in [6.07, 6.45) is 0. The molecule has 0 N–H and O–H groups in total. The maximum Gasteiger partial charge on any atom is 0.244 e. The van der Waals surface area contributed by atoms with Gasteiger partial charge in [-0.2, -0.15) is 4.31 Å². The van der Waals surface area contributed by atoms with E-state index in [0.29, 0.717) is 11.4 Å². The van der Waals surface area contributed by atoms with Crippen molar-refractivity contribution < 1.29 is 8.42 Å². The van der Waals surface area contributed by atoms with Gasteiger partial charge in [0, 0.05) is 16.8 Å². The molecule has 23 heavy (non-hydrogen) atoms. The van der Waals surface area contributed by atoms with E-state index >= 15 is 0 Å². The van der Waals surface area contributed by atoms with E-state index in [1.165, 1.54) is 0 Å². The Morgan fingerprint density at radius 3 is 2.48 bits per heavy atom. The lowest BCUT2D eigenvalue weighted by Gasteiger charge is -2.24. The monoisotopic (exact) mass is 411 g/mol. The van der Waals surface area contributed by atoms with E-state index < -0.39 is 10.0 Å². The van der Waals surface area contributed by atoms with E-state index in [1.807, 2.05) is 50.2 Å². The van der Waals surface area contributed by atoms with Crippen LogP contribution in [0, 0.1) is 13.8 Å². The van der Waals surface area contributed by atoms with E-state index in [4.69, 9.17) is 0 Å². The van der Waals surface area contributed by atoms with Crippen molar-refractivity contribution in [3.63, 3.8) is 0 Å². The second-order valence-corrected chi connectivity index (χ2v) is 9.62. The lowest BCUT2D eigenvalue weighted by atomic mass is 10.2. The zero-order chi connectivity index (χ0) is 16.6. The molecule has 1 heterocycles. The molecule has 3 nitrogen and oxygen atoms in total. The quantitative estimate of drug-likeness (QED) is 0.745. The fourth-order valence-electron chi connectivity index (χ4n) is 2.81. The smallest absolute Gasteiger partial charge is 0.207 e. The van der Waals surface area contributed by atoms with Crippen LogP contribution in [-0.2, 0) is 10.0 Å². The largest absolute Gasteiger partial charge is 0.244 e. The number of aryl methyl sites for hydroxylation is 2. The lowest BCUT2D eigenvalue weighted by molar-refractivity contribution is 0.434. The molecule has 0 amide bonds. The summed E-state index contributed by atoms with van der Waals surface area (Å²) in [6.45, 7) is 4.37. The first kappa shape index (κ1) is 17.0. The minimum atomic E-state index is -3.49. The third-order valence-electron chi connectivity index (χ3n) is 3.92. The average Bonchev–Trinajstić information content (AvgIpc) is 2.98. The van der Waals surface area contributed by atoms with Crippen LogP contribution in [0.1, 0.15) is 22.1 Å². The Labute approximate surface area is 150 Å². The second-order valence-electron chi connectivity index (χ2n) is 5.66. The Kier molecular flexibility index (Phi) is 4.88. The summed E-state index contributed by atoms with van der Waals surface area (Å²) in [5.41, 5.74) is 2.89. The molecule has 6 heteroatoms. The highest BCUT2D eigenvalue weighted by molar-refractivity contribution is 9.10. The zero-order valence-corrected chi connectivity index (χ0v) is 16.2. The van der Waals surface area contributed by atoms with Crippen LogP contribution in [-0.4, -0.2) is 25.0 Å². The molecule has 0 saturated carbocycles. The first-order valence-electron chi connectivity index (χ1n) is 7.36. The summed E-state index contributed by atoms with van der Waals surface area (Å²) in [6, 6.07) is 13.4. The molecule has 0 aliphatic carbocycles. The van der Waals surface area contributed by atoms with E-state index in [-0.39, 0.29) is 5.37 Å². The minimum absolute atomic E-state index is 0.159. The summed E-state index contributed by atoms with van der Waals surface area (Å²) < 4.78 is 28.9. The van der Waals surface area contributed by atoms with Crippen LogP contribution in [0.2, 0.25) is 0 Å². The molecule has 0 radical (unpaired) electrons. The van der Waals surface area contributed by atoms with Gasteiger partial charge in [0.15, 0.2) is 0 Å². The Hall–Kier alpha value is -0.820. The lowest BCUT2D eigenvalue weighted by Crippen LogP contribution is -2.31. The topological polar surface area (TPSA) is 37.4 Å². The zero-order valence-electron chi connectivity index (χ0n) is 13.0. The molecule has 3 rings (SSSR count). The van der Waals surface area contributed by atoms with Crippen LogP contribution in [0.5, 0.6) is 0 Å². The highest BCUT2D eigenvalue weighted by Crippen LogP contribution is 2.42. The molecule has 0 spiro atoms. The van der Waals surface area contributed by atoms with Gasteiger partial charge in [-0.3, -0.25) is 0 Å². The molecule has 0 unspecified atom stereocenters. The normalized spacial score (nSPS) is 19.2. The van der Waals surface area contributed by atoms with Crippen molar-refractivity contribution in [2.24, 2.45) is 0 Å². The molecule has 2 aromatic carbocycles. The van der Waals surface area contributed by atoms with Crippen molar-refractivity contribution >= 4 is 37.7 Å². The molecule has 122 valence electrons. The van der Waals surface area contributed by atoms with E-state index in [9.17, 15) is 8.42 Å². The summed E-state index contributed by atoms with van der Waals surface area (Å²) >= 11 is 5.09. The average molecular weight is 412 g/mol. The van der Waals surface area contributed by atoms with Gasteiger partial charge in [0.1, 0.15) is 0 Å². The number of sulfonamides is 1. The maximum absolute atomic E-state index is 13.1. The molecule has 1 fully saturated rings. The molecule has 0 aromatic heterocycles. The van der Waals surface area contributed by atoms with Crippen LogP contribution in [0.25, 0.3) is 0 Å². The summed E-state index contributed by atoms with van der Waals surface area (Å²) in [5, 5.41) is -0.159. The molecular weight excluding hydrogens is 394 g/mol. The van der Waals surface area contributed by atoms with Gasteiger partial charge < -0.3 is 0 Å². The summed E-state index contributed by atoms with van der Waals surface area (Å²) in [5.74, 6) is 0.810. The number of hydrogen-bond acceptors (Lipinski definition) is 3. The first-order valence-corrected chi connectivity index (χ1v) is 10.6. The predicted octanol–water partition coefficient (Wildman–Crippen LogP) is 4.50. The molecule has 1 saturated heterocycles. The SMILES string of the molecule is Cc1ccc(S(=O)(=O)N2CCS[C@@H]2c2ccc(Br)cc2)c(C)c1. The van der Waals surface area contributed by atoms with E-state index in [1.54, 1.807) is 22.1 Å². The van der Waals surface area contributed by atoms with Gasteiger partial charge in [0.25, 0.3) is 0 Å². The van der Waals surface area contributed by atoms with Crippen molar-refractivity contribution in [2.45, 2.75) is 24.1 Å². The fraction of sp³-hybridized carbons (Fsp3) is 0.294. The van der Waals surface area contributed by atoms with Crippen molar-refractivity contribution in [2.75, 3.05) is 12.3 Å². The number of nitrogens with zero attached hydrogens (tertiary/aromatic N) is 1. The number of thioether (sulfide) groups is 1. The Morgan fingerprint density at radius 1 is 1.13 bits per heavy atom. The van der Waals surface area contributed by atoms with Gasteiger partial charge in [0.2, 0.25) is 10.0 Å². The number of rotatable bonds is 3. The maximum atomic E-state index is 13.1. The Bertz CT molecular complexity index is 819. The van der Waals surface area contributed by atoms with E-state index in [2.05, 4.69) is 15.9 Å². The van der Waals surface area contributed by atoms with Gasteiger partial charge in [-0.05, 0) is 43.2 Å². The Balaban J connectivity index is 1.99. The van der Waals surface area contributed by atoms with Crippen LogP contribution in [0.4, 0.5) is 0 Å². The third-order valence-corrected chi connectivity index (χ3v) is 7.87. The van der Waals surface area contributed by atoms with Gasteiger partial charge in [-0.15, -0.1) is 11.8 Å². The first-order chi connectivity index (χ1) is 10.9. The van der Waals surface area contributed by atoms with Crippen LogP contribution in [0.15, 0.2) is 51.8 Å². The molecule has 1 aliphatic rings. The van der Waals surface area contributed by atoms with Crippen LogP contribution >= 0.6 is 27.7 Å². The second kappa shape index (κ2) is 6.59. The van der Waals surface area contributed by atoms with Crippen LogP contribution < -0.4 is 0 Å². The van der Waals surface area contributed by atoms with Gasteiger partial charge in [-0.25, -0.2) is 8.42 Å². The minimum Gasteiger partial charge on any atom is -0.207 e. The molecule has 1 aliphatic heterocycles. The molecule has 0 bridgehead atoms. The van der Waals surface area contributed by atoms with Crippen molar-refractivity contribution in [3.05, 3.63) is 63.6 Å². The molecule has 2 aromatic rings. The summed E-state index contributed by atoms with van der Waals surface area (Å²) in [4.78, 5) is 0.410. The van der Waals surface area contributed by atoms with Gasteiger partial charge >= 0.3 is 0 Å². The molecule has 1 atom stereocenters. The third kappa shape index (κ3) is 3.36. The van der Waals surface area contributed by atoms with Crippen molar-refractivity contribution in [3.8, 4) is 0 Å². The van der Waals surface area contributed by atoms with Gasteiger partial charge in [-0.1, -0.05) is 45.8 Å². The molecular formula is C17H18BrNO2S2. The van der Waals surface area contributed by atoms with Gasteiger partial charge in [0.05, 0.1) is 10.3 Å². The number of benzene rings is 2. The highest BCUT2D eigenvalue weighted by Gasteiger charge is 2.37. The Morgan fingerprint density at radius 2 is 1.83 bits per heavy atom. The predicted molar refractivity (Wildman–Crippen MR) is 99.1 cm³/mol. The highest BCUT2D eigenvalue weighted by atomic mass is 79.9. The van der Waals surface area contributed by atoms with Crippen LogP contribution in [0.3, 0.4) is 0 Å². The van der Waals surface area contributed by atoms with Crippen molar-refractivity contribution in [1.82, 2.24) is 4.31 Å². The van der Waals surface area contributed by atoms with Crippen molar-refractivity contribution in [1.29, 1.82) is 0 Å². The fourth-order valence-corrected chi connectivity index (χ4v) is 6.52. The number of hydrogen-bond donors (Lipinski definition) is 0.